The highest BCUT2D eigenvalue weighted by atomic mass is 32.2. The number of nitrogens with zero attached hydrogens (tertiary/aromatic N) is 2. The predicted molar refractivity (Wildman–Crippen MR) is 95.9 cm³/mol. The number of carbonyl (C=O) groups excluding carboxylic acids is 1. The van der Waals surface area contributed by atoms with Gasteiger partial charge < -0.3 is 4.74 Å². The van der Waals surface area contributed by atoms with Crippen LogP contribution in [0.5, 0.6) is 5.75 Å². The maximum atomic E-state index is 12.6. The van der Waals surface area contributed by atoms with Crippen LogP contribution in [0.4, 0.5) is 0 Å². The summed E-state index contributed by atoms with van der Waals surface area (Å²) in [5.74, 6) is -0.0853. The Bertz CT molecular complexity index is 959. The summed E-state index contributed by atoms with van der Waals surface area (Å²) in [6, 6.07) is 4.51. The molecule has 8 heteroatoms. The van der Waals surface area contributed by atoms with E-state index in [4.69, 9.17) is 4.74 Å². The quantitative estimate of drug-likeness (QED) is 0.862. The number of ether oxygens (including phenoxy) is 1. The first-order valence-electron chi connectivity index (χ1n) is 8.29. The van der Waals surface area contributed by atoms with Gasteiger partial charge in [0.1, 0.15) is 11.4 Å². The molecule has 2 aromatic rings. The number of nitrogens with one attached hydrogen (secondary N) is 1. The van der Waals surface area contributed by atoms with Crippen molar-refractivity contribution in [3.63, 3.8) is 0 Å². The Hall–Kier alpha value is -2.48. The fraction of sp³-hybridized carbons (Fsp3) is 0.389. The zero-order valence-corrected chi connectivity index (χ0v) is 16.0. The van der Waals surface area contributed by atoms with E-state index in [1.165, 1.54) is 13.2 Å². The lowest BCUT2D eigenvalue weighted by Gasteiger charge is -2.11. The molecule has 0 radical (unpaired) electrons. The number of hydrogen-bond donors (Lipinski definition) is 1. The number of rotatable bonds is 5. The van der Waals surface area contributed by atoms with Crippen molar-refractivity contribution in [3.8, 4) is 5.75 Å². The monoisotopic (exact) mass is 375 g/mol. The minimum atomic E-state index is -4.01. The molecule has 1 heterocycles. The summed E-state index contributed by atoms with van der Waals surface area (Å²) in [6.07, 6.45) is 2.02. The molecule has 1 aliphatic rings. The zero-order valence-electron chi connectivity index (χ0n) is 15.2. The van der Waals surface area contributed by atoms with Crippen molar-refractivity contribution < 1.29 is 17.9 Å². The van der Waals surface area contributed by atoms with Crippen LogP contribution in [-0.4, -0.2) is 31.6 Å². The van der Waals surface area contributed by atoms with Crippen LogP contribution in [0.2, 0.25) is 0 Å². The fourth-order valence-electron chi connectivity index (χ4n) is 2.68. The molecule has 1 saturated carbocycles. The third kappa shape index (κ3) is 3.55. The van der Waals surface area contributed by atoms with Gasteiger partial charge in [-0.3, -0.25) is 4.79 Å². The molecule has 1 N–H and O–H groups in total. The largest absolute Gasteiger partial charge is 0.495 e. The van der Waals surface area contributed by atoms with E-state index in [1.807, 2.05) is 20.8 Å². The van der Waals surface area contributed by atoms with Crippen LogP contribution in [0, 0.1) is 20.8 Å². The second-order valence-corrected chi connectivity index (χ2v) is 8.26. The molecular weight excluding hydrogens is 354 g/mol. The van der Waals surface area contributed by atoms with E-state index in [2.05, 4.69) is 14.9 Å². The Morgan fingerprint density at radius 2 is 1.73 bits per heavy atom. The molecule has 1 amide bonds. The van der Waals surface area contributed by atoms with Gasteiger partial charge in [0.2, 0.25) is 0 Å². The molecule has 1 aliphatic carbocycles. The molecule has 1 aromatic heterocycles. The number of sulfonamides is 1. The van der Waals surface area contributed by atoms with E-state index in [0.29, 0.717) is 17.4 Å². The van der Waals surface area contributed by atoms with Crippen LogP contribution in [0.25, 0.3) is 0 Å². The number of amides is 1. The third-order valence-corrected chi connectivity index (χ3v) is 5.95. The molecule has 138 valence electrons. The Morgan fingerprint density at radius 3 is 2.27 bits per heavy atom. The van der Waals surface area contributed by atoms with Gasteiger partial charge in [-0.15, -0.1) is 5.10 Å². The number of aromatic nitrogens is 2. The second-order valence-electron chi connectivity index (χ2n) is 6.57. The minimum Gasteiger partial charge on any atom is -0.495 e. The number of aryl methyl sites for hydroxylation is 2. The van der Waals surface area contributed by atoms with Crippen LogP contribution < -0.4 is 9.46 Å². The van der Waals surface area contributed by atoms with Gasteiger partial charge in [-0.05, 0) is 62.4 Å². The molecule has 1 aromatic carbocycles. The molecular formula is C18H21N3O4S. The Kier molecular flexibility index (Phi) is 4.70. The van der Waals surface area contributed by atoms with Gasteiger partial charge in [0.05, 0.1) is 12.0 Å². The van der Waals surface area contributed by atoms with Crippen molar-refractivity contribution in [1.29, 1.82) is 0 Å². The van der Waals surface area contributed by atoms with Gasteiger partial charge in [-0.2, -0.15) is 5.10 Å². The molecule has 26 heavy (non-hydrogen) atoms. The van der Waals surface area contributed by atoms with Crippen LogP contribution >= 0.6 is 0 Å². The summed E-state index contributed by atoms with van der Waals surface area (Å²) >= 11 is 0. The number of methoxy groups -OCH3 is 1. The van der Waals surface area contributed by atoms with Crippen molar-refractivity contribution in [1.82, 2.24) is 14.9 Å². The normalized spacial score (nSPS) is 14.2. The van der Waals surface area contributed by atoms with Gasteiger partial charge in [0.25, 0.3) is 15.9 Å². The van der Waals surface area contributed by atoms with E-state index in [0.717, 1.165) is 29.5 Å². The van der Waals surface area contributed by atoms with E-state index in [-0.39, 0.29) is 10.6 Å². The molecule has 3 rings (SSSR count). The topological polar surface area (TPSA) is 98.2 Å². The second kappa shape index (κ2) is 6.68. The highest BCUT2D eigenvalue weighted by Crippen LogP contribution is 2.42. The number of carbonyl (C=O) groups is 1. The van der Waals surface area contributed by atoms with E-state index in [9.17, 15) is 13.2 Å². The van der Waals surface area contributed by atoms with Crippen molar-refractivity contribution in [2.75, 3.05) is 7.11 Å². The van der Waals surface area contributed by atoms with Gasteiger partial charge in [-0.25, -0.2) is 13.1 Å². The first-order valence-corrected chi connectivity index (χ1v) is 9.78. The molecule has 0 unspecified atom stereocenters. The molecule has 0 spiro atoms. The summed E-state index contributed by atoms with van der Waals surface area (Å²) in [5.41, 5.74) is 3.30. The lowest BCUT2D eigenvalue weighted by Crippen LogP contribution is -2.31. The smallest absolute Gasteiger partial charge is 0.285 e. The highest BCUT2D eigenvalue weighted by molar-refractivity contribution is 7.90. The molecule has 1 fully saturated rings. The molecule has 7 nitrogen and oxygen atoms in total. The highest BCUT2D eigenvalue weighted by Gasteiger charge is 2.30. The minimum absolute atomic E-state index is 0.0426. The SMILES string of the molecule is COc1cc(C(=O)NS(=O)(=O)c2cc(C)c(C)c(C)c2)nnc1C1CC1. The number of benzene rings is 1. The summed E-state index contributed by atoms with van der Waals surface area (Å²) in [7, 11) is -2.53. The average Bonchev–Trinajstić information content (AvgIpc) is 3.43. The van der Waals surface area contributed by atoms with Crippen molar-refractivity contribution >= 4 is 15.9 Å². The zero-order chi connectivity index (χ0) is 19.1. The Morgan fingerprint density at radius 1 is 1.12 bits per heavy atom. The predicted octanol–water partition coefficient (Wildman–Crippen LogP) is 2.41. The Balaban J connectivity index is 1.87. The number of hydrogen-bond acceptors (Lipinski definition) is 6. The molecule has 0 bridgehead atoms. The molecule has 0 atom stereocenters. The van der Waals surface area contributed by atoms with Crippen LogP contribution in [-0.2, 0) is 10.0 Å². The lowest BCUT2D eigenvalue weighted by molar-refractivity contribution is 0.0975. The maximum Gasteiger partial charge on any atom is 0.285 e. The van der Waals surface area contributed by atoms with Crippen LogP contribution in [0.3, 0.4) is 0 Å². The van der Waals surface area contributed by atoms with Crippen LogP contribution in [0.15, 0.2) is 23.1 Å². The maximum absolute atomic E-state index is 12.6. The summed E-state index contributed by atoms with van der Waals surface area (Å²) in [6.45, 7) is 5.58. The van der Waals surface area contributed by atoms with Gasteiger partial charge in [-0.1, -0.05) is 0 Å². The van der Waals surface area contributed by atoms with Gasteiger partial charge >= 0.3 is 0 Å². The van der Waals surface area contributed by atoms with E-state index < -0.39 is 15.9 Å². The molecule has 0 aliphatic heterocycles. The first kappa shape index (κ1) is 18.3. The van der Waals surface area contributed by atoms with Crippen LogP contribution in [0.1, 0.15) is 51.6 Å². The molecule has 0 saturated heterocycles. The summed E-state index contributed by atoms with van der Waals surface area (Å²) < 4.78 is 32.4. The van der Waals surface area contributed by atoms with E-state index >= 15 is 0 Å². The fourth-order valence-corrected chi connectivity index (χ4v) is 3.81. The first-order chi connectivity index (χ1) is 12.2. The van der Waals surface area contributed by atoms with Crippen molar-refractivity contribution in [3.05, 3.63) is 46.3 Å². The Labute approximate surface area is 152 Å². The van der Waals surface area contributed by atoms with Gasteiger partial charge in [0, 0.05) is 12.0 Å². The van der Waals surface area contributed by atoms with Crippen molar-refractivity contribution in [2.24, 2.45) is 0 Å². The third-order valence-electron chi connectivity index (χ3n) is 4.64. The lowest BCUT2D eigenvalue weighted by atomic mass is 10.1. The summed E-state index contributed by atoms with van der Waals surface area (Å²) in [5, 5.41) is 7.91. The van der Waals surface area contributed by atoms with Gasteiger partial charge in [0.15, 0.2) is 5.69 Å². The van der Waals surface area contributed by atoms with Crippen molar-refractivity contribution in [2.45, 2.75) is 44.4 Å². The standard InChI is InChI=1S/C18H21N3O4S/c1-10-7-14(8-11(2)12(10)3)26(23,24)21-18(22)15-9-16(25-4)17(20-19-15)13-5-6-13/h7-9,13H,5-6H2,1-4H3,(H,21,22). The summed E-state index contributed by atoms with van der Waals surface area (Å²) in [4.78, 5) is 12.4. The average molecular weight is 375 g/mol. The van der Waals surface area contributed by atoms with E-state index in [1.54, 1.807) is 12.1 Å².